The molecule has 2 aromatic carbocycles. The Morgan fingerprint density at radius 2 is 1.78 bits per heavy atom. The molecule has 0 saturated carbocycles. The standard InChI is InChI=1S/C23H23N3O6/c1-30-18-4-6-19(7-5-18)31-21-13-16(12-17(14-21)26(28)29)24-23(27)22-9-8-20(32-22)15-25-10-2-3-11-25/h4-9,12-14H,2-3,10-11,15H2,1H3,(H,24,27). The van der Waals surface area contributed by atoms with Gasteiger partial charge in [-0.2, -0.15) is 0 Å². The van der Waals surface area contributed by atoms with Crippen LogP contribution in [0, 0.1) is 10.1 Å². The minimum absolute atomic E-state index is 0.142. The summed E-state index contributed by atoms with van der Waals surface area (Å²) in [6, 6.07) is 14.3. The Kier molecular flexibility index (Phi) is 6.37. The van der Waals surface area contributed by atoms with Crippen molar-refractivity contribution in [3.8, 4) is 17.2 Å². The summed E-state index contributed by atoms with van der Waals surface area (Å²) in [4.78, 5) is 25.7. The van der Waals surface area contributed by atoms with Gasteiger partial charge in [-0.3, -0.25) is 19.8 Å². The molecule has 1 aliphatic rings. The van der Waals surface area contributed by atoms with Gasteiger partial charge < -0.3 is 19.2 Å². The molecule has 1 N–H and O–H groups in total. The number of hydrogen-bond donors (Lipinski definition) is 1. The second-order valence-corrected chi connectivity index (χ2v) is 7.45. The number of nitrogens with one attached hydrogen (secondary N) is 1. The number of non-ortho nitro benzene ring substituents is 1. The molecule has 0 unspecified atom stereocenters. The lowest BCUT2D eigenvalue weighted by Crippen LogP contribution is -2.18. The predicted octanol–water partition coefficient (Wildman–Crippen LogP) is 4.84. The first kappa shape index (κ1) is 21.4. The van der Waals surface area contributed by atoms with Crippen LogP contribution in [0.25, 0.3) is 0 Å². The molecular weight excluding hydrogens is 414 g/mol. The van der Waals surface area contributed by atoms with E-state index in [-0.39, 0.29) is 22.9 Å². The largest absolute Gasteiger partial charge is 0.497 e. The summed E-state index contributed by atoms with van der Waals surface area (Å²) in [5, 5.41) is 14.0. The normalized spacial score (nSPS) is 13.7. The van der Waals surface area contributed by atoms with Crippen LogP contribution >= 0.6 is 0 Å². The lowest BCUT2D eigenvalue weighted by atomic mass is 10.2. The summed E-state index contributed by atoms with van der Waals surface area (Å²) in [5.74, 6) is 1.71. The van der Waals surface area contributed by atoms with Crippen LogP contribution in [-0.4, -0.2) is 35.9 Å². The molecule has 9 nitrogen and oxygen atoms in total. The zero-order valence-corrected chi connectivity index (χ0v) is 17.6. The summed E-state index contributed by atoms with van der Waals surface area (Å²) >= 11 is 0. The number of carbonyl (C=O) groups is 1. The van der Waals surface area contributed by atoms with Crippen LogP contribution in [-0.2, 0) is 6.54 Å². The maximum atomic E-state index is 12.6. The Morgan fingerprint density at radius 3 is 2.47 bits per heavy atom. The van der Waals surface area contributed by atoms with Gasteiger partial charge in [-0.25, -0.2) is 0 Å². The second-order valence-electron chi connectivity index (χ2n) is 7.45. The first-order valence-corrected chi connectivity index (χ1v) is 10.2. The average molecular weight is 437 g/mol. The molecule has 9 heteroatoms. The van der Waals surface area contributed by atoms with Crippen LogP contribution in [0.3, 0.4) is 0 Å². The number of hydrogen-bond acceptors (Lipinski definition) is 7. The molecule has 1 aromatic heterocycles. The third kappa shape index (κ3) is 5.25. The maximum absolute atomic E-state index is 12.6. The summed E-state index contributed by atoms with van der Waals surface area (Å²) in [6.07, 6.45) is 2.34. The molecule has 1 fully saturated rings. The van der Waals surface area contributed by atoms with Gasteiger partial charge in [-0.1, -0.05) is 0 Å². The molecule has 0 radical (unpaired) electrons. The van der Waals surface area contributed by atoms with E-state index in [2.05, 4.69) is 10.2 Å². The van der Waals surface area contributed by atoms with Gasteiger partial charge in [-0.15, -0.1) is 0 Å². The summed E-state index contributed by atoms with van der Waals surface area (Å²) in [7, 11) is 1.56. The van der Waals surface area contributed by atoms with Gasteiger partial charge in [0.2, 0.25) is 0 Å². The monoisotopic (exact) mass is 437 g/mol. The van der Waals surface area contributed by atoms with Gasteiger partial charge in [0.1, 0.15) is 23.0 Å². The van der Waals surface area contributed by atoms with E-state index in [1.165, 1.54) is 31.0 Å². The fourth-order valence-electron chi connectivity index (χ4n) is 3.54. The van der Waals surface area contributed by atoms with Gasteiger partial charge in [-0.05, 0) is 62.3 Å². The Hall–Kier alpha value is -3.85. The van der Waals surface area contributed by atoms with E-state index >= 15 is 0 Å². The van der Waals surface area contributed by atoms with Crippen molar-refractivity contribution in [2.45, 2.75) is 19.4 Å². The van der Waals surface area contributed by atoms with E-state index in [1.807, 2.05) is 0 Å². The fraction of sp³-hybridized carbons (Fsp3) is 0.261. The van der Waals surface area contributed by atoms with Crippen LogP contribution in [0.5, 0.6) is 17.2 Å². The molecule has 1 saturated heterocycles. The number of amides is 1. The molecule has 0 bridgehead atoms. The highest BCUT2D eigenvalue weighted by atomic mass is 16.6. The summed E-state index contributed by atoms with van der Waals surface area (Å²) in [6.45, 7) is 2.70. The Bertz CT molecular complexity index is 1100. The Labute approximate surface area is 184 Å². The Balaban J connectivity index is 1.48. The molecule has 4 rings (SSSR count). The molecule has 2 heterocycles. The fourth-order valence-corrected chi connectivity index (χ4v) is 3.54. The molecule has 0 atom stereocenters. The van der Waals surface area contributed by atoms with Gasteiger partial charge in [0.25, 0.3) is 11.6 Å². The number of furan rings is 1. The molecule has 0 spiro atoms. The van der Waals surface area contributed by atoms with Crippen LogP contribution in [0.15, 0.2) is 59.0 Å². The highest BCUT2D eigenvalue weighted by molar-refractivity contribution is 6.02. The van der Waals surface area contributed by atoms with E-state index in [0.29, 0.717) is 23.8 Å². The van der Waals surface area contributed by atoms with E-state index in [9.17, 15) is 14.9 Å². The molecule has 1 aliphatic heterocycles. The number of rotatable bonds is 8. The first-order valence-electron chi connectivity index (χ1n) is 10.2. The number of nitrogens with zero attached hydrogens (tertiary/aromatic N) is 2. The van der Waals surface area contributed by atoms with Crippen LogP contribution in [0.1, 0.15) is 29.2 Å². The van der Waals surface area contributed by atoms with Crippen LogP contribution in [0.4, 0.5) is 11.4 Å². The third-order valence-corrected chi connectivity index (χ3v) is 5.12. The van der Waals surface area contributed by atoms with Gasteiger partial charge >= 0.3 is 0 Å². The summed E-state index contributed by atoms with van der Waals surface area (Å²) < 4.78 is 16.5. The van der Waals surface area contributed by atoms with E-state index in [1.54, 1.807) is 43.5 Å². The number of benzene rings is 2. The van der Waals surface area contributed by atoms with E-state index in [0.717, 1.165) is 13.1 Å². The number of nitro groups is 1. The number of nitro benzene ring substituents is 1. The second kappa shape index (κ2) is 9.52. The van der Waals surface area contributed by atoms with Crippen molar-refractivity contribution in [3.05, 3.63) is 76.2 Å². The van der Waals surface area contributed by atoms with Crippen molar-refractivity contribution in [2.24, 2.45) is 0 Å². The molecule has 1 amide bonds. The van der Waals surface area contributed by atoms with Crippen molar-refractivity contribution < 1.29 is 23.6 Å². The highest BCUT2D eigenvalue weighted by Crippen LogP contribution is 2.31. The van der Waals surface area contributed by atoms with Gasteiger partial charge in [0.15, 0.2) is 5.76 Å². The number of carbonyl (C=O) groups excluding carboxylic acids is 1. The molecule has 3 aromatic rings. The number of likely N-dealkylation sites (tertiary alicyclic amines) is 1. The SMILES string of the molecule is COc1ccc(Oc2cc(NC(=O)c3ccc(CN4CCCC4)o3)cc([N+](=O)[O-])c2)cc1. The highest BCUT2D eigenvalue weighted by Gasteiger charge is 2.18. The molecule has 0 aliphatic carbocycles. The van der Waals surface area contributed by atoms with Crippen molar-refractivity contribution in [2.75, 3.05) is 25.5 Å². The molecule has 166 valence electrons. The smallest absolute Gasteiger partial charge is 0.291 e. The maximum Gasteiger partial charge on any atom is 0.291 e. The zero-order valence-electron chi connectivity index (χ0n) is 17.6. The van der Waals surface area contributed by atoms with Crippen molar-refractivity contribution in [1.82, 2.24) is 4.90 Å². The van der Waals surface area contributed by atoms with Crippen LogP contribution < -0.4 is 14.8 Å². The molecular formula is C23H23N3O6. The third-order valence-electron chi connectivity index (χ3n) is 5.12. The van der Waals surface area contributed by atoms with Crippen molar-refractivity contribution >= 4 is 17.3 Å². The number of anilines is 1. The number of methoxy groups -OCH3 is 1. The lowest BCUT2D eigenvalue weighted by molar-refractivity contribution is -0.384. The average Bonchev–Trinajstić information content (AvgIpc) is 3.47. The van der Waals surface area contributed by atoms with Gasteiger partial charge in [0, 0.05) is 12.1 Å². The Morgan fingerprint density at radius 1 is 1.06 bits per heavy atom. The number of ether oxygens (including phenoxy) is 2. The molecule has 32 heavy (non-hydrogen) atoms. The van der Waals surface area contributed by atoms with E-state index < -0.39 is 10.8 Å². The van der Waals surface area contributed by atoms with Crippen molar-refractivity contribution in [3.63, 3.8) is 0 Å². The zero-order chi connectivity index (χ0) is 22.5. The van der Waals surface area contributed by atoms with E-state index in [4.69, 9.17) is 13.9 Å². The minimum Gasteiger partial charge on any atom is -0.497 e. The lowest BCUT2D eigenvalue weighted by Gasteiger charge is -2.11. The predicted molar refractivity (Wildman–Crippen MR) is 117 cm³/mol. The van der Waals surface area contributed by atoms with Gasteiger partial charge in [0.05, 0.1) is 30.3 Å². The topological polar surface area (TPSA) is 107 Å². The van der Waals surface area contributed by atoms with Crippen molar-refractivity contribution in [1.29, 1.82) is 0 Å². The quantitative estimate of drug-likeness (QED) is 0.397. The van der Waals surface area contributed by atoms with Crippen LogP contribution in [0.2, 0.25) is 0 Å². The minimum atomic E-state index is -0.544. The summed E-state index contributed by atoms with van der Waals surface area (Å²) in [5.41, 5.74) is 0.0192. The first-order chi connectivity index (χ1) is 15.5.